The van der Waals surface area contributed by atoms with Crippen molar-refractivity contribution in [3.63, 3.8) is 0 Å². The van der Waals surface area contributed by atoms with Gasteiger partial charge in [-0.05, 0) is 30.7 Å². The van der Waals surface area contributed by atoms with Crippen LogP contribution in [-0.4, -0.2) is 24.7 Å². The van der Waals surface area contributed by atoms with Crippen LogP contribution in [0.2, 0.25) is 0 Å². The van der Waals surface area contributed by atoms with Crippen molar-refractivity contribution in [2.24, 2.45) is 5.73 Å². The van der Waals surface area contributed by atoms with E-state index in [9.17, 15) is 14.3 Å². The van der Waals surface area contributed by atoms with E-state index in [1.165, 1.54) is 6.07 Å². The minimum atomic E-state index is -0.846. The summed E-state index contributed by atoms with van der Waals surface area (Å²) < 4.78 is 17.6. The summed E-state index contributed by atoms with van der Waals surface area (Å²) >= 11 is 0. The molecule has 0 aliphatic rings. The Kier molecular flexibility index (Phi) is 3.62. The minimum absolute atomic E-state index is 0.180. The van der Waals surface area contributed by atoms with Gasteiger partial charge >= 0.3 is 5.97 Å². The van der Waals surface area contributed by atoms with Gasteiger partial charge < -0.3 is 15.6 Å². The molecule has 0 spiro atoms. The molecule has 0 radical (unpaired) electrons. The number of aromatic hydroxyl groups is 1. The molecule has 1 aromatic carbocycles. The largest absolute Gasteiger partial charge is 0.504 e. The minimum Gasteiger partial charge on any atom is -0.504 e. The number of rotatable bonds is 3. The first kappa shape index (κ1) is 11.5. The Hall–Kier alpha value is -1.62. The lowest BCUT2D eigenvalue weighted by Gasteiger charge is -2.06. The SMILES string of the molecule is COC(=O)c1cc(CCN)cc(F)c1O. The average molecular weight is 213 g/mol. The van der Waals surface area contributed by atoms with Gasteiger partial charge in [0.15, 0.2) is 11.6 Å². The second-order valence-corrected chi connectivity index (χ2v) is 3.00. The second kappa shape index (κ2) is 4.75. The van der Waals surface area contributed by atoms with Crippen molar-refractivity contribution in [1.29, 1.82) is 0 Å². The van der Waals surface area contributed by atoms with Crippen molar-refractivity contribution in [3.8, 4) is 5.75 Å². The third kappa shape index (κ3) is 2.44. The fourth-order valence-corrected chi connectivity index (χ4v) is 1.23. The maximum atomic E-state index is 13.2. The molecule has 82 valence electrons. The van der Waals surface area contributed by atoms with Crippen molar-refractivity contribution in [3.05, 3.63) is 29.1 Å². The van der Waals surface area contributed by atoms with E-state index in [-0.39, 0.29) is 5.56 Å². The van der Waals surface area contributed by atoms with E-state index in [0.717, 1.165) is 13.2 Å². The summed E-state index contributed by atoms with van der Waals surface area (Å²) in [6.45, 7) is 0.338. The standard InChI is InChI=1S/C10H12FNO3/c1-15-10(14)7-4-6(2-3-12)5-8(11)9(7)13/h4-5,13H,2-3,12H2,1H3. The summed E-state index contributed by atoms with van der Waals surface area (Å²) in [5.74, 6) is -2.31. The second-order valence-electron chi connectivity index (χ2n) is 3.00. The Morgan fingerprint density at radius 3 is 2.80 bits per heavy atom. The lowest BCUT2D eigenvalue weighted by molar-refractivity contribution is 0.0596. The predicted octanol–water partition coefficient (Wildman–Crippen LogP) is 0.819. The quantitative estimate of drug-likeness (QED) is 0.729. The molecule has 1 rings (SSSR count). The predicted molar refractivity (Wildman–Crippen MR) is 52.2 cm³/mol. The van der Waals surface area contributed by atoms with Gasteiger partial charge in [-0.15, -0.1) is 0 Å². The van der Waals surface area contributed by atoms with Gasteiger partial charge in [0.25, 0.3) is 0 Å². The van der Waals surface area contributed by atoms with Crippen LogP contribution >= 0.6 is 0 Å². The third-order valence-corrected chi connectivity index (χ3v) is 1.96. The van der Waals surface area contributed by atoms with Gasteiger partial charge in [-0.2, -0.15) is 0 Å². The van der Waals surface area contributed by atoms with Crippen molar-refractivity contribution in [1.82, 2.24) is 0 Å². The molecule has 4 nitrogen and oxygen atoms in total. The molecule has 5 heteroatoms. The van der Waals surface area contributed by atoms with Crippen molar-refractivity contribution in [2.75, 3.05) is 13.7 Å². The van der Waals surface area contributed by atoms with E-state index in [0.29, 0.717) is 18.5 Å². The summed E-state index contributed by atoms with van der Waals surface area (Å²) in [6.07, 6.45) is 0.432. The van der Waals surface area contributed by atoms with Crippen LogP contribution in [0.1, 0.15) is 15.9 Å². The van der Waals surface area contributed by atoms with E-state index in [1.807, 2.05) is 0 Å². The van der Waals surface area contributed by atoms with Gasteiger partial charge in [0.1, 0.15) is 5.56 Å². The highest BCUT2D eigenvalue weighted by Crippen LogP contribution is 2.24. The fourth-order valence-electron chi connectivity index (χ4n) is 1.23. The van der Waals surface area contributed by atoms with Crippen LogP contribution in [0.15, 0.2) is 12.1 Å². The summed E-state index contributed by atoms with van der Waals surface area (Å²) in [5, 5.41) is 9.28. The maximum absolute atomic E-state index is 13.2. The Bertz CT molecular complexity index is 379. The lowest BCUT2D eigenvalue weighted by Crippen LogP contribution is -2.07. The number of carbonyl (C=O) groups is 1. The summed E-state index contributed by atoms with van der Waals surface area (Å²) in [7, 11) is 1.16. The van der Waals surface area contributed by atoms with Crippen molar-refractivity contribution in [2.45, 2.75) is 6.42 Å². The molecule has 0 fully saturated rings. The first-order valence-electron chi connectivity index (χ1n) is 4.40. The smallest absolute Gasteiger partial charge is 0.341 e. The number of phenols is 1. The van der Waals surface area contributed by atoms with Gasteiger partial charge in [-0.3, -0.25) is 0 Å². The Morgan fingerprint density at radius 2 is 2.27 bits per heavy atom. The van der Waals surface area contributed by atoms with Crippen molar-refractivity contribution < 1.29 is 19.0 Å². The van der Waals surface area contributed by atoms with Crippen LogP contribution in [0.3, 0.4) is 0 Å². The zero-order chi connectivity index (χ0) is 11.4. The highest BCUT2D eigenvalue weighted by Gasteiger charge is 2.16. The number of methoxy groups -OCH3 is 1. The monoisotopic (exact) mass is 213 g/mol. The number of ether oxygens (including phenoxy) is 1. The Balaban J connectivity index is 3.18. The molecule has 0 aromatic heterocycles. The molecule has 0 aliphatic carbocycles. The third-order valence-electron chi connectivity index (χ3n) is 1.96. The highest BCUT2D eigenvalue weighted by molar-refractivity contribution is 5.92. The number of carbonyl (C=O) groups excluding carboxylic acids is 1. The molecule has 1 aromatic rings. The van der Waals surface area contributed by atoms with Gasteiger partial charge in [-0.1, -0.05) is 0 Å². The van der Waals surface area contributed by atoms with Gasteiger partial charge in [0, 0.05) is 0 Å². The summed E-state index contributed by atoms with van der Waals surface area (Å²) in [6, 6.07) is 2.52. The first-order chi connectivity index (χ1) is 7.10. The number of halogens is 1. The molecular formula is C10H12FNO3. The van der Waals surface area contributed by atoms with Crippen LogP contribution in [0.25, 0.3) is 0 Å². The van der Waals surface area contributed by atoms with E-state index >= 15 is 0 Å². The molecule has 0 heterocycles. The van der Waals surface area contributed by atoms with Gasteiger partial charge in [0.2, 0.25) is 0 Å². The van der Waals surface area contributed by atoms with Crippen molar-refractivity contribution >= 4 is 5.97 Å². The summed E-state index contributed by atoms with van der Waals surface area (Å²) in [4.78, 5) is 11.2. The number of hydrogen-bond donors (Lipinski definition) is 2. The average Bonchev–Trinajstić information content (AvgIpc) is 2.22. The molecule has 0 saturated heterocycles. The van der Waals surface area contributed by atoms with Crippen LogP contribution in [0.5, 0.6) is 5.75 Å². The highest BCUT2D eigenvalue weighted by atomic mass is 19.1. The fraction of sp³-hybridized carbons (Fsp3) is 0.300. The molecule has 0 unspecified atom stereocenters. The normalized spacial score (nSPS) is 10.1. The van der Waals surface area contributed by atoms with Crippen LogP contribution in [-0.2, 0) is 11.2 Å². The summed E-state index contributed by atoms with van der Waals surface area (Å²) in [5.41, 5.74) is 5.68. The maximum Gasteiger partial charge on any atom is 0.341 e. The van der Waals surface area contributed by atoms with E-state index < -0.39 is 17.5 Å². The van der Waals surface area contributed by atoms with Crippen LogP contribution < -0.4 is 5.73 Å². The molecule has 0 atom stereocenters. The lowest BCUT2D eigenvalue weighted by atomic mass is 10.1. The molecule has 0 bridgehead atoms. The van der Waals surface area contributed by atoms with Gasteiger partial charge in [-0.25, -0.2) is 9.18 Å². The van der Waals surface area contributed by atoms with E-state index in [1.54, 1.807) is 0 Å². The van der Waals surface area contributed by atoms with Gasteiger partial charge in [0.05, 0.1) is 7.11 Å². The number of esters is 1. The molecule has 3 N–H and O–H groups in total. The number of hydrogen-bond acceptors (Lipinski definition) is 4. The number of benzene rings is 1. The number of nitrogens with two attached hydrogens (primary N) is 1. The topological polar surface area (TPSA) is 72.5 Å². The molecule has 0 amide bonds. The molecular weight excluding hydrogens is 201 g/mol. The Labute approximate surface area is 86.5 Å². The van der Waals surface area contributed by atoms with Crippen LogP contribution in [0, 0.1) is 5.82 Å². The van der Waals surface area contributed by atoms with E-state index in [4.69, 9.17) is 5.73 Å². The van der Waals surface area contributed by atoms with Crippen LogP contribution in [0.4, 0.5) is 4.39 Å². The first-order valence-corrected chi connectivity index (χ1v) is 4.40. The number of phenolic OH excluding ortho intramolecular Hbond substituents is 1. The Morgan fingerprint density at radius 1 is 1.60 bits per heavy atom. The molecule has 15 heavy (non-hydrogen) atoms. The zero-order valence-corrected chi connectivity index (χ0v) is 8.29. The zero-order valence-electron chi connectivity index (χ0n) is 8.29. The molecule has 0 aliphatic heterocycles. The molecule has 0 saturated carbocycles. The van der Waals surface area contributed by atoms with E-state index in [2.05, 4.69) is 4.74 Å².